The van der Waals surface area contributed by atoms with E-state index in [0.29, 0.717) is 0 Å². The van der Waals surface area contributed by atoms with Crippen LogP contribution in [0.1, 0.15) is 45.4 Å². The summed E-state index contributed by atoms with van der Waals surface area (Å²) in [6, 6.07) is 8.34. The van der Waals surface area contributed by atoms with Crippen LogP contribution in [-0.2, 0) is 11.3 Å². The normalized spacial score (nSPS) is 34.0. The van der Waals surface area contributed by atoms with Gasteiger partial charge >= 0.3 is 0 Å². The summed E-state index contributed by atoms with van der Waals surface area (Å²) in [5.41, 5.74) is 4.03. The first kappa shape index (κ1) is 15.6. The van der Waals surface area contributed by atoms with Crippen molar-refractivity contribution in [2.75, 3.05) is 0 Å². The molecule has 4 fully saturated rings. The molecule has 0 unspecified atom stereocenters. The number of carbonyl (C=O) groups excluding carboxylic acids is 1. The van der Waals surface area contributed by atoms with Crippen LogP contribution >= 0.6 is 11.3 Å². The first-order valence-corrected chi connectivity index (χ1v) is 10.4. The van der Waals surface area contributed by atoms with Crippen molar-refractivity contribution in [1.82, 2.24) is 9.99 Å². The molecule has 4 aliphatic carbocycles. The van der Waals surface area contributed by atoms with Gasteiger partial charge in [-0.3, -0.25) is 4.79 Å². The minimum absolute atomic E-state index is 0.133. The van der Waals surface area contributed by atoms with E-state index >= 15 is 0 Å². The van der Waals surface area contributed by atoms with Gasteiger partial charge < -0.3 is 4.57 Å². The summed E-state index contributed by atoms with van der Waals surface area (Å²) in [5, 5.41) is 4.55. The molecular formula is C20H25N3OS. The number of aryl methyl sites for hydroxylation is 1. The van der Waals surface area contributed by atoms with Gasteiger partial charge in [0, 0.05) is 6.54 Å². The Balaban J connectivity index is 1.44. The van der Waals surface area contributed by atoms with E-state index in [4.69, 9.17) is 0 Å². The Morgan fingerprint density at radius 2 is 1.84 bits per heavy atom. The number of amides is 1. The molecule has 0 atom stereocenters. The van der Waals surface area contributed by atoms with Crippen molar-refractivity contribution in [1.29, 1.82) is 0 Å². The first-order chi connectivity index (χ1) is 12.2. The number of thiazole rings is 1. The van der Waals surface area contributed by atoms with Crippen LogP contribution in [0.5, 0.6) is 0 Å². The molecule has 5 heteroatoms. The second-order valence-corrected chi connectivity index (χ2v) is 9.36. The minimum Gasteiger partial charge on any atom is -0.315 e. The molecule has 25 heavy (non-hydrogen) atoms. The third-order valence-electron chi connectivity index (χ3n) is 6.68. The number of rotatable bonds is 3. The minimum atomic E-state index is -0.133. The highest BCUT2D eigenvalue weighted by molar-refractivity contribution is 7.16. The van der Waals surface area contributed by atoms with Gasteiger partial charge in [0.2, 0.25) is 10.7 Å². The Bertz CT molecular complexity index is 858. The Labute approximate surface area is 151 Å². The first-order valence-electron chi connectivity index (χ1n) is 9.59. The lowest BCUT2D eigenvalue weighted by Gasteiger charge is -2.55. The summed E-state index contributed by atoms with van der Waals surface area (Å²) in [4.78, 5) is 14.0. The number of carbonyl (C=O) groups is 1. The SMILES string of the molecule is CCn1/c(=N\NC(=O)C23CC4CC(CC(C4)C2)C3)sc2ccccc21. The van der Waals surface area contributed by atoms with Crippen molar-refractivity contribution in [2.45, 2.75) is 52.0 Å². The van der Waals surface area contributed by atoms with Gasteiger partial charge in [0.15, 0.2) is 0 Å². The van der Waals surface area contributed by atoms with Crippen LogP contribution in [0.25, 0.3) is 10.2 Å². The monoisotopic (exact) mass is 355 g/mol. The average Bonchev–Trinajstić information content (AvgIpc) is 2.96. The molecular weight excluding hydrogens is 330 g/mol. The van der Waals surface area contributed by atoms with E-state index in [1.165, 1.54) is 29.5 Å². The summed E-state index contributed by atoms with van der Waals surface area (Å²) < 4.78 is 3.40. The maximum Gasteiger partial charge on any atom is 0.246 e. The van der Waals surface area contributed by atoms with E-state index in [9.17, 15) is 4.79 Å². The summed E-state index contributed by atoms with van der Waals surface area (Å²) >= 11 is 1.65. The van der Waals surface area contributed by atoms with Gasteiger partial charge in [0.25, 0.3) is 0 Å². The Morgan fingerprint density at radius 3 is 2.48 bits per heavy atom. The standard InChI is InChI=1S/C20H25N3OS/c1-2-23-16-5-3-4-6-17(16)25-19(23)22-21-18(24)20-10-13-7-14(11-20)9-15(8-13)12-20/h3-6,13-15H,2,7-12H2,1H3,(H,21,24)/b22-19+. The molecule has 4 saturated carbocycles. The summed E-state index contributed by atoms with van der Waals surface area (Å²) in [6.07, 6.45) is 7.32. The fraction of sp³-hybridized carbons (Fsp3) is 0.600. The second-order valence-electron chi connectivity index (χ2n) is 8.35. The predicted molar refractivity (Wildman–Crippen MR) is 99.8 cm³/mol. The number of fused-ring (bicyclic) bond motifs is 1. The molecule has 1 aromatic heterocycles. The quantitative estimate of drug-likeness (QED) is 0.835. The van der Waals surface area contributed by atoms with Crippen LogP contribution < -0.4 is 10.2 Å². The maximum atomic E-state index is 13.1. The predicted octanol–water partition coefficient (Wildman–Crippen LogP) is 3.87. The number of hydrogen-bond acceptors (Lipinski definition) is 3. The molecule has 0 radical (unpaired) electrons. The Hall–Kier alpha value is -1.62. The lowest BCUT2D eigenvalue weighted by atomic mass is 9.49. The third kappa shape index (κ3) is 2.47. The average molecular weight is 356 g/mol. The molecule has 4 aliphatic rings. The smallest absolute Gasteiger partial charge is 0.246 e. The molecule has 4 bridgehead atoms. The zero-order valence-corrected chi connectivity index (χ0v) is 15.5. The van der Waals surface area contributed by atoms with Gasteiger partial charge in [-0.1, -0.05) is 23.5 Å². The fourth-order valence-corrected chi connectivity index (χ4v) is 7.07. The molecule has 1 N–H and O–H groups in total. The van der Waals surface area contributed by atoms with Crippen molar-refractivity contribution >= 4 is 27.5 Å². The fourth-order valence-electron chi connectivity index (χ4n) is 6.02. The van der Waals surface area contributed by atoms with Gasteiger partial charge in [0.05, 0.1) is 15.6 Å². The number of nitrogens with zero attached hydrogens (tertiary/aromatic N) is 2. The van der Waals surface area contributed by atoms with Crippen LogP contribution in [-0.4, -0.2) is 10.5 Å². The highest BCUT2D eigenvalue weighted by Crippen LogP contribution is 2.60. The van der Waals surface area contributed by atoms with E-state index in [-0.39, 0.29) is 11.3 Å². The largest absolute Gasteiger partial charge is 0.315 e. The molecule has 132 valence electrons. The van der Waals surface area contributed by atoms with Crippen molar-refractivity contribution in [3.05, 3.63) is 29.1 Å². The lowest BCUT2D eigenvalue weighted by molar-refractivity contribution is -0.146. The topological polar surface area (TPSA) is 46.4 Å². The van der Waals surface area contributed by atoms with E-state index < -0.39 is 0 Å². The lowest BCUT2D eigenvalue weighted by Crippen LogP contribution is -2.53. The number of hydrogen-bond donors (Lipinski definition) is 1. The van der Waals surface area contributed by atoms with Crippen molar-refractivity contribution in [2.24, 2.45) is 28.3 Å². The summed E-state index contributed by atoms with van der Waals surface area (Å²) in [5.74, 6) is 2.51. The molecule has 0 saturated heterocycles. The summed E-state index contributed by atoms with van der Waals surface area (Å²) in [6.45, 7) is 2.98. The number of nitrogens with one attached hydrogen (secondary N) is 1. The van der Waals surface area contributed by atoms with Crippen LogP contribution in [0.2, 0.25) is 0 Å². The van der Waals surface area contributed by atoms with E-state index in [1.807, 2.05) is 0 Å². The molecule has 6 rings (SSSR count). The van der Waals surface area contributed by atoms with Gasteiger partial charge in [-0.15, -0.1) is 5.10 Å². The van der Waals surface area contributed by atoms with Crippen LogP contribution in [0.4, 0.5) is 0 Å². The highest BCUT2D eigenvalue weighted by Gasteiger charge is 2.54. The van der Waals surface area contributed by atoms with Crippen molar-refractivity contribution in [3.63, 3.8) is 0 Å². The van der Waals surface area contributed by atoms with E-state index in [2.05, 4.69) is 46.3 Å². The van der Waals surface area contributed by atoms with Gasteiger partial charge in [-0.2, -0.15) is 0 Å². The number of benzene rings is 1. The molecule has 2 aromatic rings. The molecule has 4 nitrogen and oxygen atoms in total. The van der Waals surface area contributed by atoms with Crippen LogP contribution in [0, 0.1) is 23.2 Å². The van der Waals surface area contributed by atoms with Crippen LogP contribution in [0.15, 0.2) is 29.4 Å². The zero-order valence-electron chi connectivity index (χ0n) is 14.7. The molecule has 1 heterocycles. The van der Waals surface area contributed by atoms with Gasteiger partial charge in [-0.25, -0.2) is 5.43 Å². The highest BCUT2D eigenvalue weighted by atomic mass is 32.1. The molecule has 0 aliphatic heterocycles. The summed E-state index contributed by atoms with van der Waals surface area (Å²) in [7, 11) is 0. The molecule has 1 aromatic carbocycles. The van der Waals surface area contributed by atoms with E-state index in [1.54, 1.807) is 11.3 Å². The third-order valence-corrected chi connectivity index (χ3v) is 7.74. The van der Waals surface area contributed by atoms with Crippen LogP contribution in [0.3, 0.4) is 0 Å². The molecule has 0 spiro atoms. The van der Waals surface area contributed by atoms with Gasteiger partial charge in [0.1, 0.15) is 0 Å². The van der Waals surface area contributed by atoms with E-state index in [0.717, 1.165) is 48.4 Å². The maximum absolute atomic E-state index is 13.1. The zero-order chi connectivity index (χ0) is 17.0. The number of aromatic nitrogens is 1. The van der Waals surface area contributed by atoms with Crippen molar-refractivity contribution in [3.8, 4) is 0 Å². The molecule has 1 amide bonds. The van der Waals surface area contributed by atoms with Gasteiger partial charge in [-0.05, 0) is 75.3 Å². The van der Waals surface area contributed by atoms with Crippen molar-refractivity contribution < 1.29 is 4.79 Å². The Morgan fingerprint density at radius 1 is 1.20 bits per heavy atom. The second kappa shape index (κ2) is 5.70. The number of para-hydroxylation sites is 1. The Kier molecular flexibility index (Phi) is 3.56.